The maximum atomic E-state index is 12.8. The third-order valence-electron chi connectivity index (χ3n) is 4.27. The quantitative estimate of drug-likeness (QED) is 0.145. The Balaban J connectivity index is 2.13. The monoisotopic (exact) mass is 472 g/mol. The molecule has 0 atom stereocenters. The van der Waals surface area contributed by atoms with Gasteiger partial charge in [0.2, 0.25) is 5.78 Å². The van der Waals surface area contributed by atoms with E-state index in [0.717, 1.165) is 48.7 Å². The average molecular weight is 472 g/mol. The number of ketones is 1. The van der Waals surface area contributed by atoms with Gasteiger partial charge in [0.25, 0.3) is 0 Å². The fraction of sp³-hybridized carbons (Fsp3) is 0.474. The van der Waals surface area contributed by atoms with Crippen LogP contribution in [0.5, 0.6) is 0 Å². The first-order valence-corrected chi connectivity index (χ1v) is 9.73. The molecule has 1 fully saturated rings. The minimum atomic E-state index is -0.668. The molecule has 1 aromatic carbocycles. The van der Waals surface area contributed by atoms with Gasteiger partial charge in [-0.1, -0.05) is 6.58 Å². The molecule has 7 heteroatoms. The van der Waals surface area contributed by atoms with Crippen LogP contribution >= 0.6 is 22.6 Å². The number of nitrogens with zero attached hydrogens (tertiary/aromatic N) is 2. The van der Waals surface area contributed by atoms with Crippen LogP contribution in [0.4, 0.5) is 5.69 Å². The Labute approximate surface area is 168 Å². The first-order chi connectivity index (χ1) is 12.4. The van der Waals surface area contributed by atoms with E-state index in [2.05, 4.69) is 34.1 Å². The van der Waals surface area contributed by atoms with Crippen molar-refractivity contribution in [1.82, 2.24) is 4.90 Å². The second kappa shape index (κ2) is 10.0. The van der Waals surface area contributed by atoms with E-state index in [4.69, 9.17) is 9.47 Å². The predicted octanol–water partition coefficient (Wildman–Crippen LogP) is 2.36. The summed E-state index contributed by atoms with van der Waals surface area (Å²) < 4.78 is 11.2. The molecule has 0 bridgehead atoms. The average Bonchev–Trinajstić information content (AvgIpc) is 2.65. The molecular weight excluding hydrogens is 447 g/mol. The molecule has 26 heavy (non-hydrogen) atoms. The molecule has 0 amide bonds. The Morgan fingerprint density at radius 3 is 2.69 bits per heavy atom. The third kappa shape index (κ3) is 5.52. The lowest BCUT2D eigenvalue weighted by atomic mass is 10.0. The third-order valence-corrected chi connectivity index (χ3v) is 4.94. The Morgan fingerprint density at radius 2 is 2.04 bits per heavy atom. The molecule has 1 aromatic rings. The van der Waals surface area contributed by atoms with Crippen LogP contribution in [0.3, 0.4) is 0 Å². The molecule has 0 saturated carbocycles. The minimum absolute atomic E-state index is 0.142. The maximum Gasteiger partial charge on any atom is 0.341 e. The van der Waals surface area contributed by atoms with Gasteiger partial charge in [-0.15, -0.1) is 0 Å². The van der Waals surface area contributed by atoms with Crippen molar-refractivity contribution in [3.63, 3.8) is 0 Å². The number of ether oxygens (including phenoxy) is 2. The van der Waals surface area contributed by atoms with Gasteiger partial charge in [0, 0.05) is 48.0 Å². The summed E-state index contributed by atoms with van der Waals surface area (Å²) in [6, 6.07) is 5.64. The Morgan fingerprint density at radius 1 is 1.35 bits per heavy atom. The number of benzene rings is 1. The van der Waals surface area contributed by atoms with Gasteiger partial charge in [-0.25, -0.2) is 4.79 Å². The molecule has 0 aromatic heterocycles. The molecule has 0 unspecified atom stereocenters. The zero-order valence-electron chi connectivity index (χ0n) is 15.3. The van der Waals surface area contributed by atoms with Crippen molar-refractivity contribution < 1.29 is 19.1 Å². The highest BCUT2D eigenvalue weighted by Gasteiger charge is 2.23. The molecule has 0 N–H and O–H groups in total. The zero-order valence-corrected chi connectivity index (χ0v) is 17.5. The molecular formula is C19H25IN2O4. The summed E-state index contributed by atoms with van der Waals surface area (Å²) in [5, 5.41) is 0. The lowest BCUT2D eigenvalue weighted by molar-refractivity contribution is -0.138. The zero-order chi connectivity index (χ0) is 19.1. The van der Waals surface area contributed by atoms with Gasteiger partial charge in [-0.3, -0.25) is 9.69 Å². The number of likely N-dealkylation sites (N-methyl/N-ethyl adjacent to an activating group) is 1. The first-order valence-electron chi connectivity index (χ1n) is 8.65. The number of esters is 1. The van der Waals surface area contributed by atoms with Gasteiger partial charge in [0.05, 0.1) is 19.8 Å². The van der Waals surface area contributed by atoms with E-state index >= 15 is 0 Å². The molecule has 142 valence electrons. The summed E-state index contributed by atoms with van der Waals surface area (Å²) in [6.45, 7) is 10.6. The summed E-state index contributed by atoms with van der Waals surface area (Å²) >= 11 is 2.15. The minimum Gasteiger partial charge on any atom is -0.462 e. The summed E-state index contributed by atoms with van der Waals surface area (Å²) in [5.74, 6) is -1.06. The highest BCUT2D eigenvalue weighted by atomic mass is 127. The standard InChI is InChI=1S/C19H25IN2O4/c1-4-26-19(24)14(2)18(23)16-13-15(20)5-6-17(16)21(3)7-8-22-9-11-25-12-10-22/h5-6,13H,2,4,7-12H2,1,3H3. The van der Waals surface area contributed by atoms with Crippen LogP contribution in [-0.4, -0.2) is 69.7 Å². The summed E-state index contributed by atoms with van der Waals surface area (Å²) in [6.07, 6.45) is 0. The SMILES string of the molecule is C=C(C(=O)OCC)C(=O)c1cc(I)ccc1N(C)CCN1CCOCC1. The highest BCUT2D eigenvalue weighted by Crippen LogP contribution is 2.25. The Bertz CT molecular complexity index is 672. The van der Waals surface area contributed by atoms with Crippen LogP contribution in [0.25, 0.3) is 0 Å². The number of rotatable bonds is 8. The molecule has 0 spiro atoms. The Hall–Kier alpha value is -1.45. The number of hydrogen-bond acceptors (Lipinski definition) is 6. The predicted molar refractivity (Wildman–Crippen MR) is 110 cm³/mol. The number of anilines is 1. The van der Waals surface area contributed by atoms with Crippen LogP contribution in [0, 0.1) is 3.57 Å². The number of carbonyl (C=O) groups is 2. The normalized spacial score (nSPS) is 14.7. The summed E-state index contributed by atoms with van der Waals surface area (Å²) in [5.41, 5.74) is 1.12. The van der Waals surface area contributed by atoms with Crippen LogP contribution < -0.4 is 4.90 Å². The Kier molecular flexibility index (Phi) is 8.05. The van der Waals surface area contributed by atoms with E-state index in [1.807, 2.05) is 24.1 Å². The fourth-order valence-corrected chi connectivity index (χ4v) is 3.22. The molecule has 1 heterocycles. The number of Topliss-reactive ketones (excluding diaryl/α,β-unsaturated/α-hetero) is 1. The largest absolute Gasteiger partial charge is 0.462 e. The number of morpholine rings is 1. The van der Waals surface area contributed by atoms with E-state index in [0.29, 0.717) is 5.56 Å². The van der Waals surface area contributed by atoms with Gasteiger partial charge in [-0.05, 0) is 47.7 Å². The molecule has 2 rings (SSSR count). The van der Waals surface area contributed by atoms with E-state index in [1.165, 1.54) is 0 Å². The molecule has 1 aliphatic rings. The topological polar surface area (TPSA) is 59.1 Å². The van der Waals surface area contributed by atoms with Crippen LogP contribution in [0.2, 0.25) is 0 Å². The van der Waals surface area contributed by atoms with Crippen molar-refractivity contribution in [2.75, 3.05) is 57.9 Å². The van der Waals surface area contributed by atoms with E-state index in [9.17, 15) is 9.59 Å². The van der Waals surface area contributed by atoms with Crippen LogP contribution in [0.1, 0.15) is 17.3 Å². The lowest BCUT2D eigenvalue weighted by Gasteiger charge is -2.30. The molecule has 1 aliphatic heterocycles. The summed E-state index contributed by atoms with van der Waals surface area (Å²) in [7, 11) is 1.95. The van der Waals surface area contributed by atoms with Crippen molar-refractivity contribution in [2.45, 2.75) is 6.92 Å². The number of carbonyl (C=O) groups excluding carboxylic acids is 2. The molecule has 0 aliphatic carbocycles. The summed E-state index contributed by atoms with van der Waals surface area (Å²) in [4.78, 5) is 29.0. The van der Waals surface area contributed by atoms with Crippen molar-refractivity contribution in [3.05, 3.63) is 39.5 Å². The van der Waals surface area contributed by atoms with Gasteiger partial charge >= 0.3 is 5.97 Å². The highest BCUT2D eigenvalue weighted by molar-refractivity contribution is 14.1. The van der Waals surface area contributed by atoms with Gasteiger partial charge in [0.1, 0.15) is 5.57 Å². The van der Waals surface area contributed by atoms with Crippen molar-refractivity contribution >= 4 is 40.0 Å². The maximum absolute atomic E-state index is 12.8. The lowest BCUT2D eigenvalue weighted by Crippen LogP contribution is -2.41. The van der Waals surface area contributed by atoms with Crippen LogP contribution in [0.15, 0.2) is 30.4 Å². The van der Waals surface area contributed by atoms with E-state index < -0.39 is 11.8 Å². The number of hydrogen-bond donors (Lipinski definition) is 0. The van der Waals surface area contributed by atoms with Gasteiger partial charge < -0.3 is 14.4 Å². The smallest absolute Gasteiger partial charge is 0.341 e. The van der Waals surface area contributed by atoms with Gasteiger partial charge in [0.15, 0.2) is 0 Å². The van der Waals surface area contributed by atoms with Crippen molar-refractivity contribution in [2.24, 2.45) is 0 Å². The van der Waals surface area contributed by atoms with E-state index in [1.54, 1.807) is 13.0 Å². The molecule has 6 nitrogen and oxygen atoms in total. The van der Waals surface area contributed by atoms with Gasteiger partial charge in [-0.2, -0.15) is 0 Å². The van der Waals surface area contributed by atoms with E-state index in [-0.39, 0.29) is 12.2 Å². The fourth-order valence-electron chi connectivity index (χ4n) is 2.73. The van der Waals surface area contributed by atoms with Crippen molar-refractivity contribution in [1.29, 1.82) is 0 Å². The van der Waals surface area contributed by atoms with Crippen molar-refractivity contribution in [3.8, 4) is 0 Å². The first kappa shape index (κ1) is 20.9. The second-order valence-electron chi connectivity index (χ2n) is 6.07. The molecule has 0 radical (unpaired) electrons. The van der Waals surface area contributed by atoms with Crippen LogP contribution in [-0.2, 0) is 14.3 Å². The second-order valence-corrected chi connectivity index (χ2v) is 7.31. The number of halogens is 1. The molecule has 1 saturated heterocycles.